The molecule has 0 radical (unpaired) electrons. The summed E-state index contributed by atoms with van der Waals surface area (Å²) in [6.45, 7) is 4.61. The fourth-order valence-corrected chi connectivity index (χ4v) is 0.489. The number of aliphatic hydroxyl groups excluding tert-OH is 2. The number of rotatable bonds is 4. The molecule has 0 saturated heterocycles. The van der Waals surface area contributed by atoms with Crippen molar-refractivity contribution in [1.82, 2.24) is 0 Å². The smallest absolute Gasteiger partial charge is 0.332 e. The van der Waals surface area contributed by atoms with Gasteiger partial charge in [-0.3, -0.25) is 4.79 Å². The van der Waals surface area contributed by atoms with E-state index in [1.807, 2.05) is 6.92 Å². The predicted molar refractivity (Wildman–Crippen MR) is 58.6 cm³/mol. The molecule has 0 rings (SSSR count). The van der Waals surface area contributed by atoms with Crippen molar-refractivity contribution < 1.29 is 24.9 Å². The number of aliphatic carboxylic acids is 1. The Bertz CT molecular complexity index is 260. The van der Waals surface area contributed by atoms with E-state index in [2.05, 4.69) is 0 Å². The standard InChI is InChI=1S/C7H13NO2.C3H6O3/c1-3-6(9)4-5(2)7(8)10;1-2(4)3(5)6/h4,6,9H,3H2,1-2H3,(H2,8,10);2,4H,1H3,(H,5,6). The van der Waals surface area contributed by atoms with Crippen molar-refractivity contribution >= 4 is 11.9 Å². The second kappa shape index (κ2) is 8.87. The summed E-state index contributed by atoms with van der Waals surface area (Å²) in [5, 5.41) is 24.8. The first-order chi connectivity index (χ1) is 7.22. The quantitative estimate of drug-likeness (QED) is 0.494. The molecule has 1 amide bonds. The molecule has 94 valence electrons. The van der Waals surface area contributed by atoms with Crippen LogP contribution in [0, 0.1) is 0 Å². The largest absolute Gasteiger partial charge is 0.479 e. The third-order valence-electron chi connectivity index (χ3n) is 1.61. The first kappa shape index (κ1) is 17.0. The van der Waals surface area contributed by atoms with E-state index in [1.54, 1.807) is 6.92 Å². The summed E-state index contributed by atoms with van der Waals surface area (Å²) in [6.07, 6.45) is 0.282. The van der Waals surface area contributed by atoms with E-state index in [9.17, 15) is 9.59 Å². The monoisotopic (exact) mass is 233 g/mol. The highest BCUT2D eigenvalue weighted by Crippen LogP contribution is 1.97. The van der Waals surface area contributed by atoms with Gasteiger partial charge >= 0.3 is 5.97 Å². The van der Waals surface area contributed by atoms with Gasteiger partial charge in [0.1, 0.15) is 6.10 Å². The minimum atomic E-state index is -1.23. The van der Waals surface area contributed by atoms with Crippen LogP contribution < -0.4 is 5.73 Å². The van der Waals surface area contributed by atoms with Crippen LogP contribution in [0.4, 0.5) is 0 Å². The number of carboxylic acids is 1. The molecule has 0 aromatic heterocycles. The lowest BCUT2D eigenvalue weighted by atomic mass is 10.2. The summed E-state index contributed by atoms with van der Waals surface area (Å²) >= 11 is 0. The van der Waals surface area contributed by atoms with Gasteiger partial charge in [-0.1, -0.05) is 6.92 Å². The number of hydrogen-bond acceptors (Lipinski definition) is 4. The summed E-state index contributed by atoms with van der Waals surface area (Å²) in [6, 6.07) is 0. The third-order valence-corrected chi connectivity index (χ3v) is 1.61. The van der Waals surface area contributed by atoms with Gasteiger partial charge in [-0.15, -0.1) is 0 Å². The lowest BCUT2D eigenvalue weighted by Gasteiger charge is -2.00. The van der Waals surface area contributed by atoms with Crippen LogP contribution in [0.15, 0.2) is 11.6 Å². The molecule has 5 N–H and O–H groups in total. The number of aliphatic hydroxyl groups is 2. The normalized spacial score (nSPS) is 14.4. The van der Waals surface area contributed by atoms with Gasteiger partial charge in [-0.25, -0.2) is 4.79 Å². The number of carbonyl (C=O) groups excluding carboxylic acids is 1. The molecule has 0 bridgehead atoms. The van der Waals surface area contributed by atoms with Gasteiger partial charge < -0.3 is 21.1 Å². The minimum absolute atomic E-state index is 0.411. The van der Waals surface area contributed by atoms with E-state index in [0.717, 1.165) is 0 Å². The van der Waals surface area contributed by atoms with E-state index in [-0.39, 0.29) is 0 Å². The van der Waals surface area contributed by atoms with Crippen LogP contribution in [0.5, 0.6) is 0 Å². The van der Waals surface area contributed by atoms with Gasteiger partial charge in [0, 0.05) is 5.57 Å². The molecule has 6 heteroatoms. The van der Waals surface area contributed by atoms with E-state index in [0.29, 0.717) is 12.0 Å². The summed E-state index contributed by atoms with van der Waals surface area (Å²) in [5.74, 6) is -1.66. The predicted octanol–water partition coefficient (Wildman–Crippen LogP) is -0.359. The number of nitrogens with two attached hydrogens (primary N) is 1. The van der Waals surface area contributed by atoms with Crippen LogP contribution in [-0.4, -0.2) is 39.4 Å². The van der Waals surface area contributed by atoms with Crippen molar-refractivity contribution in [2.45, 2.75) is 39.4 Å². The number of carboxylic acid groups (broad SMARTS) is 1. The molecule has 0 heterocycles. The second-order valence-corrected chi connectivity index (χ2v) is 3.20. The van der Waals surface area contributed by atoms with Gasteiger partial charge in [0.15, 0.2) is 0 Å². The van der Waals surface area contributed by atoms with Crippen LogP contribution >= 0.6 is 0 Å². The Morgan fingerprint density at radius 2 is 1.75 bits per heavy atom. The fourth-order valence-electron chi connectivity index (χ4n) is 0.489. The Labute approximate surface area is 94.4 Å². The molecule has 0 aliphatic rings. The van der Waals surface area contributed by atoms with Crippen LogP contribution in [-0.2, 0) is 9.59 Å². The van der Waals surface area contributed by atoms with Gasteiger partial charge in [-0.2, -0.15) is 0 Å². The summed E-state index contributed by atoms with van der Waals surface area (Å²) < 4.78 is 0. The highest BCUT2D eigenvalue weighted by molar-refractivity contribution is 5.91. The Morgan fingerprint density at radius 1 is 1.38 bits per heavy atom. The molecule has 6 nitrogen and oxygen atoms in total. The van der Waals surface area contributed by atoms with E-state index >= 15 is 0 Å². The summed E-state index contributed by atoms with van der Waals surface area (Å²) in [5.41, 5.74) is 5.33. The van der Waals surface area contributed by atoms with Crippen molar-refractivity contribution in [3.8, 4) is 0 Å². The van der Waals surface area contributed by atoms with Gasteiger partial charge in [-0.05, 0) is 26.3 Å². The van der Waals surface area contributed by atoms with Crippen molar-refractivity contribution in [2.75, 3.05) is 0 Å². The second-order valence-electron chi connectivity index (χ2n) is 3.20. The van der Waals surface area contributed by atoms with Gasteiger partial charge in [0.05, 0.1) is 6.10 Å². The van der Waals surface area contributed by atoms with Gasteiger partial charge in [0.25, 0.3) is 0 Å². The van der Waals surface area contributed by atoms with E-state index in [4.69, 9.17) is 21.1 Å². The number of primary amides is 1. The zero-order valence-corrected chi connectivity index (χ0v) is 9.67. The Balaban J connectivity index is 0. The lowest BCUT2D eigenvalue weighted by molar-refractivity contribution is -0.145. The lowest BCUT2D eigenvalue weighted by Crippen LogP contribution is -2.14. The van der Waals surface area contributed by atoms with Crippen LogP contribution in [0.2, 0.25) is 0 Å². The molecule has 0 aromatic rings. The van der Waals surface area contributed by atoms with Crippen LogP contribution in [0.3, 0.4) is 0 Å². The topological polar surface area (TPSA) is 121 Å². The molecule has 0 aliphatic heterocycles. The SMILES string of the molecule is CC(O)C(=O)O.CCC(O)C=C(C)C(N)=O. The molecule has 0 fully saturated rings. The van der Waals surface area contributed by atoms with Crippen LogP contribution in [0.25, 0.3) is 0 Å². The number of hydrogen-bond donors (Lipinski definition) is 4. The maximum atomic E-state index is 10.4. The summed E-state index contributed by atoms with van der Waals surface area (Å²) in [7, 11) is 0. The third kappa shape index (κ3) is 10.7. The zero-order chi connectivity index (χ0) is 13.3. The van der Waals surface area contributed by atoms with Crippen molar-refractivity contribution in [3.63, 3.8) is 0 Å². The highest BCUT2D eigenvalue weighted by atomic mass is 16.4. The maximum absolute atomic E-state index is 10.4. The molecular weight excluding hydrogens is 214 g/mol. The molecule has 0 spiro atoms. The highest BCUT2D eigenvalue weighted by Gasteiger charge is 2.01. The average Bonchev–Trinajstić information content (AvgIpc) is 2.18. The Hall–Kier alpha value is -1.40. The Kier molecular flexibility index (Phi) is 9.43. The van der Waals surface area contributed by atoms with Crippen molar-refractivity contribution in [2.24, 2.45) is 5.73 Å². The number of amides is 1. The fraction of sp³-hybridized carbons (Fsp3) is 0.600. The van der Waals surface area contributed by atoms with E-state index < -0.39 is 24.1 Å². The molecule has 2 atom stereocenters. The summed E-state index contributed by atoms with van der Waals surface area (Å²) in [4.78, 5) is 19.8. The average molecular weight is 233 g/mol. The molecule has 2 unspecified atom stereocenters. The molecule has 0 aromatic carbocycles. The maximum Gasteiger partial charge on any atom is 0.332 e. The first-order valence-corrected chi connectivity index (χ1v) is 4.79. The minimum Gasteiger partial charge on any atom is -0.479 e. The Morgan fingerprint density at radius 3 is 1.94 bits per heavy atom. The molecule has 16 heavy (non-hydrogen) atoms. The van der Waals surface area contributed by atoms with Crippen molar-refractivity contribution in [1.29, 1.82) is 0 Å². The number of carbonyl (C=O) groups is 2. The van der Waals surface area contributed by atoms with Crippen molar-refractivity contribution in [3.05, 3.63) is 11.6 Å². The molecular formula is C10H19NO5. The molecule has 0 saturated carbocycles. The van der Waals surface area contributed by atoms with Gasteiger partial charge in [0.2, 0.25) is 5.91 Å². The zero-order valence-electron chi connectivity index (χ0n) is 9.67. The molecule has 0 aliphatic carbocycles. The van der Waals surface area contributed by atoms with Crippen LogP contribution in [0.1, 0.15) is 27.2 Å². The first-order valence-electron chi connectivity index (χ1n) is 4.79. The van der Waals surface area contributed by atoms with E-state index in [1.165, 1.54) is 13.0 Å².